The SMILES string of the molecule is O=C(CCc1nc(-c2ccc(Br)cc2)no1)N1CCN(c2ccc(F)cc2)CC1. The number of halogens is 2. The number of anilines is 1. The molecule has 2 heterocycles. The molecule has 0 bridgehead atoms. The van der Waals surface area contributed by atoms with Crippen molar-refractivity contribution in [2.75, 3.05) is 31.1 Å². The van der Waals surface area contributed by atoms with E-state index in [1.54, 1.807) is 12.1 Å². The van der Waals surface area contributed by atoms with E-state index in [2.05, 4.69) is 31.0 Å². The average Bonchev–Trinajstić information content (AvgIpc) is 3.22. The Labute approximate surface area is 176 Å². The van der Waals surface area contributed by atoms with Gasteiger partial charge in [-0.1, -0.05) is 21.1 Å². The number of hydrogen-bond acceptors (Lipinski definition) is 5. The lowest BCUT2D eigenvalue weighted by Crippen LogP contribution is -2.48. The summed E-state index contributed by atoms with van der Waals surface area (Å²) in [5.74, 6) is 0.813. The fourth-order valence-electron chi connectivity index (χ4n) is 3.31. The number of carbonyl (C=O) groups is 1. The first-order valence-electron chi connectivity index (χ1n) is 9.45. The molecule has 1 saturated heterocycles. The fraction of sp³-hybridized carbons (Fsp3) is 0.286. The summed E-state index contributed by atoms with van der Waals surface area (Å²) in [6.45, 7) is 2.74. The Balaban J connectivity index is 1.27. The van der Waals surface area contributed by atoms with Crippen molar-refractivity contribution >= 4 is 27.5 Å². The smallest absolute Gasteiger partial charge is 0.227 e. The molecule has 0 saturated carbocycles. The molecule has 1 aliphatic rings. The van der Waals surface area contributed by atoms with E-state index in [1.807, 2.05) is 29.2 Å². The van der Waals surface area contributed by atoms with Gasteiger partial charge >= 0.3 is 0 Å². The maximum Gasteiger partial charge on any atom is 0.227 e. The molecule has 8 heteroatoms. The summed E-state index contributed by atoms with van der Waals surface area (Å²) >= 11 is 3.40. The Morgan fingerprint density at radius 1 is 1.03 bits per heavy atom. The molecular formula is C21H20BrFN4O2. The molecule has 4 rings (SSSR count). The monoisotopic (exact) mass is 458 g/mol. The van der Waals surface area contributed by atoms with E-state index in [9.17, 15) is 9.18 Å². The summed E-state index contributed by atoms with van der Waals surface area (Å²) < 4.78 is 19.3. The molecule has 0 spiro atoms. The van der Waals surface area contributed by atoms with E-state index >= 15 is 0 Å². The molecule has 1 aromatic heterocycles. The first-order valence-corrected chi connectivity index (χ1v) is 10.2. The molecule has 150 valence electrons. The van der Waals surface area contributed by atoms with Crippen LogP contribution in [-0.4, -0.2) is 47.1 Å². The highest BCUT2D eigenvalue weighted by Gasteiger charge is 2.22. The van der Waals surface area contributed by atoms with Gasteiger partial charge in [0.15, 0.2) is 0 Å². The molecule has 0 aliphatic carbocycles. The minimum absolute atomic E-state index is 0.0761. The summed E-state index contributed by atoms with van der Waals surface area (Å²) in [5.41, 5.74) is 1.84. The fourth-order valence-corrected chi connectivity index (χ4v) is 3.57. The third-order valence-electron chi connectivity index (χ3n) is 4.95. The molecule has 0 radical (unpaired) electrons. The van der Waals surface area contributed by atoms with Crippen LogP contribution in [0.25, 0.3) is 11.4 Å². The van der Waals surface area contributed by atoms with Crippen molar-refractivity contribution in [3.05, 3.63) is 64.7 Å². The first-order chi connectivity index (χ1) is 14.1. The maximum absolute atomic E-state index is 13.1. The zero-order valence-electron chi connectivity index (χ0n) is 15.7. The van der Waals surface area contributed by atoms with Crippen LogP contribution in [0, 0.1) is 5.82 Å². The summed E-state index contributed by atoms with van der Waals surface area (Å²) in [6.07, 6.45) is 0.749. The van der Waals surface area contributed by atoms with Gasteiger partial charge in [-0.3, -0.25) is 4.79 Å². The lowest BCUT2D eigenvalue weighted by Gasteiger charge is -2.36. The van der Waals surface area contributed by atoms with E-state index in [-0.39, 0.29) is 11.7 Å². The highest BCUT2D eigenvalue weighted by Crippen LogP contribution is 2.20. The number of nitrogens with zero attached hydrogens (tertiary/aromatic N) is 4. The number of aromatic nitrogens is 2. The summed E-state index contributed by atoms with van der Waals surface area (Å²) in [6, 6.07) is 14.1. The normalized spacial score (nSPS) is 14.3. The molecule has 1 amide bonds. The van der Waals surface area contributed by atoms with Crippen LogP contribution in [0.4, 0.5) is 10.1 Å². The zero-order chi connectivity index (χ0) is 20.2. The molecule has 0 unspecified atom stereocenters. The average molecular weight is 459 g/mol. The standard InChI is InChI=1S/C21H20BrFN4O2/c22-16-3-1-15(2-4-16)21-24-19(29-25-21)9-10-20(28)27-13-11-26(12-14-27)18-7-5-17(23)6-8-18/h1-8H,9-14H2. The van der Waals surface area contributed by atoms with Crippen LogP contribution < -0.4 is 4.90 Å². The minimum atomic E-state index is -0.244. The number of benzene rings is 2. The lowest BCUT2D eigenvalue weighted by atomic mass is 10.2. The van der Waals surface area contributed by atoms with Gasteiger partial charge in [-0.25, -0.2) is 4.39 Å². The number of piperazine rings is 1. The predicted molar refractivity (Wildman–Crippen MR) is 111 cm³/mol. The van der Waals surface area contributed by atoms with Crippen molar-refractivity contribution in [2.45, 2.75) is 12.8 Å². The van der Waals surface area contributed by atoms with E-state index in [0.717, 1.165) is 28.8 Å². The van der Waals surface area contributed by atoms with Gasteiger partial charge in [0.05, 0.1) is 0 Å². The van der Waals surface area contributed by atoms with Gasteiger partial charge in [-0.05, 0) is 48.5 Å². The molecule has 0 atom stereocenters. The van der Waals surface area contributed by atoms with Crippen LogP contribution in [-0.2, 0) is 11.2 Å². The molecule has 6 nitrogen and oxygen atoms in total. The number of rotatable bonds is 5. The number of amides is 1. The van der Waals surface area contributed by atoms with Gasteiger partial charge in [0.2, 0.25) is 17.6 Å². The Morgan fingerprint density at radius 3 is 2.41 bits per heavy atom. The summed E-state index contributed by atoms with van der Waals surface area (Å²) in [7, 11) is 0. The van der Waals surface area contributed by atoms with Crippen molar-refractivity contribution in [1.82, 2.24) is 15.0 Å². The molecular weight excluding hydrogens is 439 g/mol. The molecule has 0 N–H and O–H groups in total. The molecule has 2 aromatic carbocycles. The topological polar surface area (TPSA) is 62.5 Å². The predicted octanol–water partition coefficient (Wildman–Crippen LogP) is 3.92. The van der Waals surface area contributed by atoms with E-state index < -0.39 is 0 Å². The number of hydrogen-bond donors (Lipinski definition) is 0. The van der Waals surface area contributed by atoms with Crippen molar-refractivity contribution in [3.63, 3.8) is 0 Å². The number of carbonyl (C=O) groups excluding carboxylic acids is 1. The quantitative estimate of drug-likeness (QED) is 0.579. The minimum Gasteiger partial charge on any atom is -0.368 e. The van der Waals surface area contributed by atoms with Crippen LogP contribution in [0.3, 0.4) is 0 Å². The third-order valence-corrected chi connectivity index (χ3v) is 5.48. The Morgan fingerprint density at radius 2 is 1.72 bits per heavy atom. The summed E-state index contributed by atoms with van der Waals surface area (Å²) in [5, 5.41) is 4.00. The first kappa shape index (κ1) is 19.6. The van der Waals surface area contributed by atoms with Gasteiger partial charge in [-0.15, -0.1) is 0 Å². The van der Waals surface area contributed by atoms with E-state index in [0.29, 0.717) is 37.6 Å². The van der Waals surface area contributed by atoms with Gasteiger partial charge in [0.25, 0.3) is 0 Å². The van der Waals surface area contributed by atoms with Crippen LogP contribution in [0.5, 0.6) is 0 Å². The summed E-state index contributed by atoms with van der Waals surface area (Å²) in [4.78, 5) is 20.9. The van der Waals surface area contributed by atoms with Gasteiger partial charge in [-0.2, -0.15) is 4.98 Å². The largest absolute Gasteiger partial charge is 0.368 e. The van der Waals surface area contributed by atoms with Crippen LogP contribution in [0.15, 0.2) is 57.5 Å². The second-order valence-corrected chi connectivity index (χ2v) is 7.78. The van der Waals surface area contributed by atoms with Crippen LogP contribution in [0.2, 0.25) is 0 Å². The Bertz CT molecular complexity index is 967. The maximum atomic E-state index is 13.1. The zero-order valence-corrected chi connectivity index (χ0v) is 17.3. The van der Waals surface area contributed by atoms with Crippen molar-refractivity contribution < 1.29 is 13.7 Å². The molecule has 3 aromatic rings. The Hall–Kier alpha value is -2.74. The van der Waals surface area contributed by atoms with Gasteiger partial charge in [0, 0.05) is 54.7 Å². The lowest BCUT2D eigenvalue weighted by molar-refractivity contribution is -0.131. The van der Waals surface area contributed by atoms with E-state index in [4.69, 9.17) is 4.52 Å². The third kappa shape index (κ3) is 4.82. The number of aryl methyl sites for hydroxylation is 1. The van der Waals surface area contributed by atoms with Crippen molar-refractivity contribution in [2.24, 2.45) is 0 Å². The molecule has 1 aliphatic heterocycles. The second kappa shape index (κ2) is 8.73. The van der Waals surface area contributed by atoms with Crippen LogP contribution in [0.1, 0.15) is 12.3 Å². The van der Waals surface area contributed by atoms with Gasteiger partial charge in [0.1, 0.15) is 5.82 Å². The highest BCUT2D eigenvalue weighted by molar-refractivity contribution is 9.10. The molecule has 1 fully saturated rings. The Kier molecular flexibility index (Phi) is 5.89. The van der Waals surface area contributed by atoms with Gasteiger partial charge < -0.3 is 14.3 Å². The van der Waals surface area contributed by atoms with E-state index in [1.165, 1.54) is 12.1 Å². The molecule has 29 heavy (non-hydrogen) atoms. The van der Waals surface area contributed by atoms with Crippen LogP contribution >= 0.6 is 15.9 Å². The van der Waals surface area contributed by atoms with Crippen molar-refractivity contribution in [3.8, 4) is 11.4 Å². The highest BCUT2D eigenvalue weighted by atomic mass is 79.9. The van der Waals surface area contributed by atoms with Crippen molar-refractivity contribution in [1.29, 1.82) is 0 Å². The second-order valence-electron chi connectivity index (χ2n) is 6.86.